The number of aryl methyl sites for hydroxylation is 1. The van der Waals surface area contributed by atoms with Gasteiger partial charge in [-0.3, -0.25) is 0 Å². The van der Waals surface area contributed by atoms with Gasteiger partial charge < -0.3 is 14.2 Å². The lowest BCUT2D eigenvalue weighted by Crippen LogP contribution is -2.22. The van der Waals surface area contributed by atoms with Crippen LogP contribution in [0.4, 0.5) is 9.59 Å². The Morgan fingerprint density at radius 1 is 0.733 bits per heavy atom. The highest BCUT2D eigenvalue weighted by Gasteiger charge is 2.26. The molecule has 0 bridgehead atoms. The van der Waals surface area contributed by atoms with Crippen molar-refractivity contribution in [1.29, 1.82) is 0 Å². The molecule has 1 heterocycles. The molecule has 0 saturated carbocycles. The van der Waals surface area contributed by atoms with E-state index in [1.165, 1.54) is 4.57 Å². The smallest absolute Gasteiger partial charge is 0.410 e. The lowest BCUT2D eigenvalue weighted by molar-refractivity contribution is 0.147. The van der Waals surface area contributed by atoms with E-state index in [2.05, 4.69) is 0 Å². The van der Waals surface area contributed by atoms with Crippen LogP contribution in [0.25, 0.3) is 10.9 Å². The summed E-state index contributed by atoms with van der Waals surface area (Å²) >= 11 is 0. The van der Waals surface area contributed by atoms with Gasteiger partial charge in [-0.2, -0.15) is 0 Å². The predicted molar refractivity (Wildman–Crippen MR) is 112 cm³/mol. The number of benzene rings is 3. The zero-order chi connectivity index (χ0) is 20.9. The Labute approximate surface area is 173 Å². The van der Waals surface area contributed by atoms with Crippen molar-refractivity contribution in [3.8, 4) is 17.4 Å². The Kier molecular flexibility index (Phi) is 5.48. The number of carbonyl (C=O) groups is 2. The summed E-state index contributed by atoms with van der Waals surface area (Å²) in [4.78, 5) is 25.5. The Bertz CT molecular complexity index is 1180. The Balaban J connectivity index is 1.72. The second kappa shape index (κ2) is 8.53. The number of nitrogens with zero attached hydrogens (tertiary/aromatic N) is 1. The molecule has 4 rings (SSSR count). The van der Waals surface area contributed by atoms with Crippen molar-refractivity contribution in [2.75, 3.05) is 0 Å². The van der Waals surface area contributed by atoms with E-state index in [0.29, 0.717) is 29.0 Å². The average Bonchev–Trinajstić information content (AvgIpc) is 3.08. The van der Waals surface area contributed by atoms with Gasteiger partial charge in [0.25, 0.3) is 0 Å². The average molecular weight is 401 g/mol. The molecule has 0 N–H and O–H groups in total. The van der Waals surface area contributed by atoms with Crippen LogP contribution in [-0.2, 0) is 6.42 Å². The molecule has 0 amide bonds. The number of rotatable bonds is 4. The summed E-state index contributed by atoms with van der Waals surface area (Å²) in [6.07, 6.45) is -1.08. The van der Waals surface area contributed by atoms with Crippen LogP contribution >= 0.6 is 0 Å². The van der Waals surface area contributed by atoms with Crippen molar-refractivity contribution >= 4 is 23.2 Å². The van der Waals surface area contributed by atoms with Crippen molar-refractivity contribution in [2.24, 2.45) is 0 Å². The lowest BCUT2D eigenvalue weighted by Gasteiger charge is -2.11. The van der Waals surface area contributed by atoms with E-state index in [1.54, 1.807) is 60.7 Å². The molecule has 30 heavy (non-hydrogen) atoms. The number of ether oxygens (including phenoxy) is 3. The molecular weight excluding hydrogens is 382 g/mol. The van der Waals surface area contributed by atoms with Crippen LogP contribution in [-0.4, -0.2) is 16.8 Å². The Morgan fingerprint density at radius 2 is 1.30 bits per heavy atom. The van der Waals surface area contributed by atoms with Crippen LogP contribution in [0.1, 0.15) is 12.5 Å². The van der Waals surface area contributed by atoms with Crippen molar-refractivity contribution < 1.29 is 23.8 Å². The first-order valence-electron chi connectivity index (χ1n) is 9.51. The van der Waals surface area contributed by atoms with Gasteiger partial charge in [-0.15, -0.1) is 0 Å². The summed E-state index contributed by atoms with van der Waals surface area (Å²) in [5.41, 5.74) is 1.29. The van der Waals surface area contributed by atoms with Gasteiger partial charge in [0.2, 0.25) is 5.88 Å². The van der Waals surface area contributed by atoms with Crippen molar-refractivity contribution in [3.63, 3.8) is 0 Å². The van der Waals surface area contributed by atoms with E-state index >= 15 is 0 Å². The highest BCUT2D eigenvalue weighted by Crippen LogP contribution is 2.33. The van der Waals surface area contributed by atoms with E-state index in [0.717, 1.165) is 5.39 Å². The Morgan fingerprint density at radius 3 is 1.93 bits per heavy atom. The standard InChI is InChI=1S/C24H19NO5/c1-2-19-20-15-9-10-16-21(20)25(23(26)28-17-11-5-3-6-12-17)22(19)30-24(27)29-18-13-7-4-8-14-18/h3-16H,2H2,1H3. The maximum Gasteiger partial charge on any atom is 0.520 e. The van der Waals surface area contributed by atoms with Gasteiger partial charge >= 0.3 is 12.2 Å². The Hall–Kier alpha value is -4.06. The zero-order valence-electron chi connectivity index (χ0n) is 16.3. The quantitative estimate of drug-likeness (QED) is 0.318. The molecular formula is C24H19NO5. The third kappa shape index (κ3) is 3.89. The zero-order valence-corrected chi connectivity index (χ0v) is 16.3. The molecule has 0 spiro atoms. The third-order valence-electron chi connectivity index (χ3n) is 4.54. The highest BCUT2D eigenvalue weighted by atomic mass is 16.7. The number of fused-ring (bicyclic) bond motifs is 1. The van der Waals surface area contributed by atoms with Gasteiger partial charge in [-0.25, -0.2) is 14.2 Å². The molecule has 3 aromatic carbocycles. The molecule has 0 saturated heterocycles. The molecule has 0 aliphatic carbocycles. The van der Waals surface area contributed by atoms with Crippen LogP contribution in [0, 0.1) is 0 Å². The first kappa shape index (κ1) is 19.3. The SMILES string of the molecule is CCc1c(OC(=O)Oc2ccccc2)n(C(=O)Oc2ccccc2)c2ccccc12. The summed E-state index contributed by atoms with van der Waals surface area (Å²) in [7, 11) is 0. The maximum absolute atomic E-state index is 13.0. The monoisotopic (exact) mass is 401 g/mol. The highest BCUT2D eigenvalue weighted by molar-refractivity contribution is 5.96. The van der Waals surface area contributed by atoms with Crippen LogP contribution in [0.2, 0.25) is 0 Å². The van der Waals surface area contributed by atoms with Crippen LogP contribution < -0.4 is 14.2 Å². The number of para-hydroxylation sites is 3. The van der Waals surface area contributed by atoms with E-state index in [1.807, 2.05) is 31.2 Å². The van der Waals surface area contributed by atoms with Crippen LogP contribution in [0.15, 0.2) is 84.9 Å². The van der Waals surface area contributed by atoms with E-state index in [9.17, 15) is 9.59 Å². The van der Waals surface area contributed by atoms with Crippen LogP contribution in [0.5, 0.6) is 17.4 Å². The second-order valence-electron chi connectivity index (χ2n) is 6.44. The molecule has 4 aromatic rings. The fourth-order valence-corrected chi connectivity index (χ4v) is 3.23. The molecule has 0 atom stereocenters. The molecule has 0 unspecified atom stereocenters. The van der Waals surface area contributed by atoms with E-state index < -0.39 is 12.2 Å². The lowest BCUT2D eigenvalue weighted by atomic mass is 10.1. The summed E-state index contributed by atoms with van der Waals surface area (Å²) in [5, 5.41) is 0.799. The van der Waals surface area contributed by atoms with Crippen molar-refractivity contribution in [1.82, 2.24) is 4.57 Å². The topological polar surface area (TPSA) is 66.8 Å². The second-order valence-corrected chi connectivity index (χ2v) is 6.44. The van der Waals surface area contributed by atoms with Gasteiger partial charge in [0.1, 0.15) is 11.5 Å². The number of carbonyl (C=O) groups excluding carboxylic acids is 2. The minimum atomic E-state index is -0.938. The van der Waals surface area contributed by atoms with E-state index in [4.69, 9.17) is 14.2 Å². The molecule has 0 aliphatic heterocycles. The van der Waals surface area contributed by atoms with Gasteiger partial charge in [0.15, 0.2) is 0 Å². The minimum absolute atomic E-state index is 0.0839. The predicted octanol–water partition coefficient (Wildman–Crippen LogP) is 5.83. The normalized spacial score (nSPS) is 10.6. The number of hydrogen-bond acceptors (Lipinski definition) is 5. The summed E-state index contributed by atoms with van der Waals surface area (Å²) in [6, 6.07) is 24.6. The minimum Gasteiger partial charge on any atom is -0.410 e. The molecule has 150 valence electrons. The van der Waals surface area contributed by atoms with Crippen molar-refractivity contribution in [3.05, 3.63) is 90.5 Å². The molecule has 0 radical (unpaired) electrons. The summed E-state index contributed by atoms with van der Waals surface area (Å²) in [6.45, 7) is 1.92. The first-order valence-corrected chi connectivity index (χ1v) is 9.51. The van der Waals surface area contributed by atoms with Gasteiger partial charge in [0.05, 0.1) is 5.52 Å². The fraction of sp³-hybridized carbons (Fsp3) is 0.0833. The van der Waals surface area contributed by atoms with Gasteiger partial charge in [0, 0.05) is 10.9 Å². The number of aromatic nitrogens is 1. The number of hydrogen-bond donors (Lipinski definition) is 0. The maximum atomic E-state index is 13.0. The molecule has 0 aliphatic rings. The molecule has 6 nitrogen and oxygen atoms in total. The van der Waals surface area contributed by atoms with Gasteiger partial charge in [-0.1, -0.05) is 61.5 Å². The van der Waals surface area contributed by atoms with Gasteiger partial charge in [-0.05, 0) is 36.8 Å². The molecule has 0 fully saturated rings. The first-order chi connectivity index (χ1) is 14.7. The van der Waals surface area contributed by atoms with Crippen molar-refractivity contribution in [2.45, 2.75) is 13.3 Å². The molecule has 6 heteroatoms. The third-order valence-corrected chi connectivity index (χ3v) is 4.54. The fourth-order valence-electron chi connectivity index (χ4n) is 3.23. The van der Waals surface area contributed by atoms with E-state index in [-0.39, 0.29) is 5.88 Å². The van der Waals surface area contributed by atoms with Crippen LogP contribution in [0.3, 0.4) is 0 Å². The molecule has 1 aromatic heterocycles. The summed E-state index contributed by atoms with van der Waals surface area (Å²) < 4.78 is 17.5. The largest absolute Gasteiger partial charge is 0.520 e. The summed E-state index contributed by atoms with van der Waals surface area (Å²) in [5.74, 6) is 0.812.